The van der Waals surface area contributed by atoms with Crippen LogP contribution in [0.25, 0.3) is 0 Å². The van der Waals surface area contributed by atoms with Crippen molar-refractivity contribution in [1.29, 1.82) is 0 Å². The van der Waals surface area contributed by atoms with Gasteiger partial charge >= 0.3 is 0 Å². The summed E-state index contributed by atoms with van der Waals surface area (Å²) in [5.74, 6) is 1.47. The Labute approximate surface area is 265 Å². The van der Waals surface area contributed by atoms with Gasteiger partial charge in [-0.1, -0.05) is 69.2 Å². The van der Waals surface area contributed by atoms with Gasteiger partial charge in [0.15, 0.2) is 17.7 Å². The molecule has 0 aromatic heterocycles. The quantitative estimate of drug-likeness (QED) is 0.351. The molecule has 45 heavy (non-hydrogen) atoms. The maximum Gasteiger partial charge on any atom is 0.205 e. The standard InChI is InChI=1S/C38H44O7/c1-4-8-34-44-33-20-30-29-16-11-25-19-26(39)17-18-36(25,2)35(29)31(40)21-37(30,3)38(33,45-34)32(41)23-43-28-14-12-27(13-15-28)42-22-24-9-6-5-7-10-24/h5-7,9-10,12-15,17-19,29-31,33-35,40H,4,8,11,16,20-23H2,1-3H3/t29?,30?,31-,33-,34?,35?,36?,37?,38+/m0/s1. The molecule has 2 aromatic carbocycles. The summed E-state index contributed by atoms with van der Waals surface area (Å²) in [5, 5.41) is 11.9. The average Bonchev–Trinajstić information content (AvgIpc) is 3.52. The molecule has 9 atom stereocenters. The Bertz CT molecular complexity index is 1500. The van der Waals surface area contributed by atoms with Gasteiger partial charge in [-0.15, -0.1) is 0 Å². The zero-order valence-electron chi connectivity index (χ0n) is 26.4. The number of aliphatic hydroxyl groups is 1. The topological polar surface area (TPSA) is 91.3 Å². The molecule has 1 N–H and O–H groups in total. The lowest BCUT2D eigenvalue weighted by molar-refractivity contribution is -0.200. The van der Waals surface area contributed by atoms with Crippen molar-refractivity contribution >= 4 is 11.6 Å². The number of ketones is 2. The molecule has 2 aromatic rings. The van der Waals surface area contributed by atoms with Crippen LogP contribution < -0.4 is 9.47 Å². The van der Waals surface area contributed by atoms with Crippen molar-refractivity contribution in [2.45, 2.75) is 90.0 Å². The highest BCUT2D eigenvalue weighted by Gasteiger charge is 2.75. The summed E-state index contributed by atoms with van der Waals surface area (Å²) in [6, 6.07) is 17.3. The van der Waals surface area contributed by atoms with Crippen molar-refractivity contribution in [1.82, 2.24) is 0 Å². The number of aliphatic hydroxyl groups excluding tert-OH is 1. The lowest BCUT2D eigenvalue weighted by Crippen LogP contribution is -2.63. The van der Waals surface area contributed by atoms with Crippen LogP contribution in [0.1, 0.15) is 64.9 Å². The van der Waals surface area contributed by atoms with Gasteiger partial charge in [-0.25, -0.2) is 0 Å². The van der Waals surface area contributed by atoms with E-state index >= 15 is 0 Å². The van der Waals surface area contributed by atoms with Gasteiger partial charge in [0.1, 0.15) is 24.7 Å². The van der Waals surface area contributed by atoms with Crippen LogP contribution >= 0.6 is 0 Å². The molecule has 1 heterocycles. The largest absolute Gasteiger partial charge is 0.489 e. The molecular weight excluding hydrogens is 568 g/mol. The Morgan fingerprint density at radius 2 is 1.78 bits per heavy atom. The number of fused-ring (bicyclic) bond motifs is 7. The Hall–Kier alpha value is -3.26. The normalized spacial score (nSPS) is 38.0. The summed E-state index contributed by atoms with van der Waals surface area (Å²) in [5.41, 5.74) is 0.00584. The molecule has 5 aliphatic rings. The van der Waals surface area contributed by atoms with Crippen molar-refractivity contribution < 1.29 is 33.6 Å². The molecule has 4 fully saturated rings. The van der Waals surface area contributed by atoms with Crippen LogP contribution in [-0.4, -0.2) is 47.4 Å². The number of Topliss-reactive ketones (excluding diaryl/α,β-unsaturated/α-hetero) is 1. The summed E-state index contributed by atoms with van der Waals surface area (Å²) in [7, 11) is 0. The number of benzene rings is 2. The third-order valence-corrected chi connectivity index (χ3v) is 11.7. The number of allylic oxidation sites excluding steroid dienone is 4. The van der Waals surface area contributed by atoms with Gasteiger partial charge in [0.2, 0.25) is 5.78 Å². The zero-order chi connectivity index (χ0) is 31.4. The fraction of sp³-hybridized carbons (Fsp3) is 0.526. The lowest BCUT2D eigenvalue weighted by atomic mass is 9.46. The Kier molecular flexibility index (Phi) is 7.78. The van der Waals surface area contributed by atoms with Crippen LogP contribution in [0, 0.1) is 28.6 Å². The predicted octanol–water partition coefficient (Wildman–Crippen LogP) is 6.38. The van der Waals surface area contributed by atoms with E-state index in [9.17, 15) is 14.7 Å². The minimum atomic E-state index is -1.20. The summed E-state index contributed by atoms with van der Waals surface area (Å²) in [6.07, 6.45) is 8.35. The summed E-state index contributed by atoms with van der Waals surface area (Å²) in [4.78, 5) is 26.7. The van der Waals surface area contributed by atoms with Gasteiger partial charge < -0.3 is 24.1 Å². The van der Waals surface area contributed by atoms with Gasteiger partial charge in [0.25, 0.3) is 0 Å². The van der Waals surface area contributed by atoms with E-state index in [0.717, 1.165) is 36.1 Å². The molecular formula is C38H44O7. The van der Waals surface area contributed by atoms with E-state index in [1.807, 2.05) is 60.7 Å². The van der Waals surface area contributed by atoms with E-state index < -0.39 is 29.5 Å². The van der Waals surface area contributed by atoms with E-state index in [-0.39, 0.29) is 41.3 Å². The van der Waals surface area contributed by atoms with Crippen LogP contribution in [0.5, 0.6) is 11.5 Å². The molecule has 238 valence electrons. The monoisotopic (exact) mass is 612 g/mol. The average molecular weight is 613 g/mol. The first kappa shape index (κ1) is 30.4. The van der Waals surface area contributed by atoms with Crippen LogP contribution in [0.2, 0.25) is 0 Å². The smallest absolute Gasteiger partial charge is 0.205 e. The first-order chi connectivity index (χ1) is 21.7. The maximum atomic E-state index is 14.5. The highest BCUT2D eigenvalue weighted by molar-refractivity contribution is 6.01. The second-order valence-corrected chi connectivity index (χ2v) is 14.1. The van der Waals surface area contributed by atoms with Gasteiger partial charge in [0.05, 0.1) is 12.2 Å². The summed E-state index contributed by atoms with van der Waals surface area (Å²) in [6.45, 7) is 6.71. The summed E-state index contributed by atoms with van der Waals surface area (Å²) < 4.78 is 25.3. The predicted molar refractivity (Wildman–Crippen MR) is 168 cm³/mol. The molecule has 3 saturated carbocycles. The van der Waals surface area contributed by atoms with Gasteiger partial charge in [-0.2, -0.15) is 0 Å². The van der Waals surface area contributed by atoms with Crippen LogP contribution in [0.15, 0.2) is 78.4 Å². The number of carbonyl (C=O) groups is 2. The fourth-order valence-electron chi connectivity index (χ4n) is 9.63. The minimum absolute atomic E-state index is 0.0223. The lowest BCUT2D eigenvalue weighted by Gasteiger charge is -2.59. The number of hydrogen-bond acceptors (Lipinski definition) is 7. The van der Waals surface area contributed by atoms with Crippen molar-refractivity contribution in [3.05, 3.63) is 84.0 Å². The number of ether oxygens (including phenoxy) is 4. The Morgan fingerprint density at radius 3 is 2.51 bits per heavy atom. The Morgan fingerprint density at radius 1 is 1.04 bits per heavy atom. The molecule has 6 unspecified atom stereocenters. The van der Waals surface area contributed by atoms with E-state index in [4.69, 9.17) is 18.9 Å². The third kappa shape index (κ3) is 4.90. The molecule has 0 amide bonds. The van der Waals surface area contributed by atoms with Crippen molar-refractivity contribution in [3.8, 4) is 11.5 Å². The fourth-order valence-corrected chi connectivity index (χ4v) is 9.63. The highest BCUT2D eigenvalue weighted by atomic mass is 16.7. The maximum absolute atomic E-state index is 14.5. The molecule has 7 heteroatoms. The second-order valence-electron chi connectivity index (χ2n) is 14.1. The van der Waals surface area contributed by atoms with Crippen molar-refractivity contribution in [2.24, 2.45) is 28.6 Å². The molecule has 0 radical (unpaired) electrons. The van der Waals surface area contributed by atoms with Crippen LogP contribution in [0.4, 0.5) is 0 Å². The second kappa shape index (κ2) is 11.5. The van der Waals surface area contributed by atoms with E-state index in [1.165, 1.54) is 0 Å². The zero-order valence-corrected chi connectivity index (χ0v) is 26.4. The minimum Gasteiger partial charge on any atom is -0.489 e. The highest BCUT2D eigenvalue weighted by Crippen LogP contribution is 2.69. The molecule has 1 saturated heterocycles. The number of rotatable bonds is 9. The molecule has 4 aliphatic carbocycles. The molecule has 7 nitrogen and oxygen atoms in total. The SMILES string of the molecule is CCCC1O[C@H]2CC3C4CCC5=CC(=O)C=CC5(C)C4[C@@H](O)CC3(C)[C@]2(C(=O)COc2ccc(OCc3ccccc3)cc2)O1. The number of carbonyl (C=O) groups excluding carboxylic acids is 2. The molecule has 0 spiro atoms. The Balaban J connectivity index is 1.11. The molecule has 0 bridgehead atoms. The molecule has 1 aliphatic heterocycles. The third-order valence-electron chi connectivity index (χ3n) is 11.7. The number of hydrogen-bond donors (Lipinski definition) is 1. The summed E-state index contributed by atoms with van der Waals surface area (Å²) >= 11 is 0. The van der Waals surface area contributed by atoms with Crippen molar-refractivity contribution in [2.75, 3.05) is 6.61 Å². The van der Waals surface area contributed by atoms with Gasteiger partial charge in [-0.3, -0.25) is 9.59 Å². The van der Waals surface area contributed by atoms with E-state index in [0.29, 0.717) is 31.6 Å². The van der Waals surface area contributed by atoms with E-state index in [2.05, 4.69) is 20.8 Å². The first-order valence-corrected chi connectivity index (χ1v) is 16.6. The molecule has 7 rings (SSSR count). The van der Waals surface area contributed by atoms with E-state index in [1.54, 1.807) is 12.2 Å². The van der Waals surface area contributed by atoms with Gasteiger partial charge in [-0.05, 0) is 85.9 Å². The van der Waals surface area contributed by atoms with Crippen molar-refractivity contribution in [3.63, 3.8) is 0 Å². The van der Waals surface area contributed by atoms with Crippen LogP contribution in [0.3, 0.4) is 0 Å². The van der Waals surface area contributed by atoms with Crippen LogP contribution in [-0.2, 0) is 25.7 Å². The first-order valence-electron chi connectivity index (χ1n) is 16.6. The van der Waals surface area contributed by atoms with Gasteiger partial charge in [0, 0.05) is 16.7 Å².